The first kappa shape index (κ1) is 21.4. The van der Waals surface area contributed by atoms with Gasteiger partial charge in [-0.15, -0.1) is 0 Å². The molecule has 9 heteroatoms. The standard InChI is InChI=1S/C20H17Cl2NO5S/c1-26-15-7-11(8-16(27-2)18(15)28-3)9-17-19(24)23(20(25)29-17)10-12-13(21)5-4-6-14(12)22/h4-9H,10H2,1-3H3/b17-9-. The lowest BCUT2D eigenvalue weighted by Gasteiger charge is -2.15. The Labute approximate surface area is 182 Å². The van der Waals surface area contributed by atoms with E-state index in [1.165, 1.54) is 21.3 Å². The van der Waals surface area contributed by atoms with Crippen molar-refractivity contribution in [1.82, 2.24) is 4.90 Å². The molecule has 0 saturated carbocycles. The number of thioether (sulfide) groups is 1. The second-order valence-electron chi connectivity index (χ2n) is 5.93. The Balaban J connectivity index is 1.92. The minimum absolute atomic E-state index is 0.00420. The van der Waals surface area contributed by atoms with Crippen LogP contribution >= 0.6 is 35.0 Å². The number of ether oxygens (including phenoxy) is 3. The first-order chi connectivity index (χ1) is 13.9. The van der Waals surface area contributed by atoms with Crippen molar-refractivity contribution in [2.75, 3.05) is 21.3 Å². The summed E-state index contributed by atoms with van der Waals surface area (Å²) in [5.41, 5.74) is 1.15. The minimum atomic E-state index is -0.426. The highest BCUT2D eigenvalue weighted by molar-refractivity contribution is 8.18. The summed E-state index contributed by atoms with van der Waals surface area (Å²) in [5, 5.41) is 0.389. The van der Waals surface area contributed by atoms with E-state index in [9.17, 15) is 9.59 Å². The highest BCUT2D eigenvalue weighted by Crippen LogP contribution is 2.40. The van der Waals surface area contributed by atoms with E-state index in [1.807, 2.05) is 0 Å². The van der Waals surface area contributed by atoms with E-state index in [1.54, 1.807) is 36.4 Å². The SMILES string of the molecule is COc1cc(/C=C2\SC(=O)N(Cc3c(Cl)cccc3Cl)C2=O)cc(OC)c1OC. The number of methoxy groups -OCH3 is 3. The van der Waals surface area contributed by atoms with Crippen LogP contribution in [0.25, 0.3) is 6.08 Å². The van der Waals surface area contributed by atoms with Crippen molar-refractivity contribution in [3.63, 3.8) is 0 Å². The van der Waals surface area contributed by atoms with E-state index in [-0.39, 0.29) is 11.4 Å². The highest BCUT2D eigenvalue weighted by Gasteiger charge is 2.35. The Morgan fingerprint density at radius 3 is 2.10 bits per heavy atom. The Morgan fingerprint density at radius 2 is 1.59 bits per heavy atom. The molecule has 1 saturated heterocycles. The predicted octanol–water partition coefficient (Wildman–Crippen LogP) is 5.26. The van der Waals surface area contributed by atoms with E-state index >= 15 is 0 Å². The number of amides is 2. The number of carbonyl (C=O) groups excluding carboxylic acids is 2. The van der Waals surface area contributed by atoms with Crippen LogP contribution in [0.4, 0.5) is 4.79 Å². The number of imide groups is 1. The fourth-order valence-electron chi connectivity index (χ4n) is 2.81. The third-order valence-electron chi connectivity index (χ3n) is 4.24. The molecule has 0 aliphatic carbocycles. The van der Waals surface area contributed by atoms with Crippen LogP contribution in [-0.2, 0) is 11.3 Å². The molecule has 1 heterocycles. The molecule has 0 bridgehead atoms. The van der Waals surface area contributed by atoms with Gasteiger partial charge < -0.3 is 14.2 Å². The number of benzene rings is 2. The summed E-state index contributed by atoms with van der Waals surface area (Å²) in [6.07, 6.45) is 1.60. The summed E-state index contributed by atoms with van der Waals surface area (Å²) >= 11 is 13.2. The molecule has 1 fully saturated rings. The van der Waals surface area contributed by atoms with Gasteiger partial charge in [0.2, 0.25) is 5.75 Å². The molecule has 1 aliphatic heterocycles. The molecule has 1 aliphatic rings. The Morgan fingerprint density at radius 1 is 1.00 bits per heavy atom. The van der Waals surface area contributed by atoms with Crippen molar-refractivity contribution in [2.24, 2.45) is 0 Å². The molecule has 2 aromatic rings. The van der Waals surface area contributed by atoms with Crippen LogP contribution in [0.15, 0.2) is 35.2 Å². The molecular weight excluding hydrogens is 437 g/mol. The lowest BCUT2D eigenvalue weighted by atomic mass is 10.1. The molecule has 0 spiro atoms. The first-order valence-corrected chi connectivity index (χ1v) is 9.95. The normalized spacial score (nSPS) is 15.2. The monoisotopic (exact) mass is 453 g/mol. The third kappa shape index (κ3) is 4.32. The van der Waals surface area contributed by atoms with E-state index in [4.69, 9.17) is 37.4 Å². The van der Waals surface area contributed by atoms with Gasteiger partial charge in [-0.3, -0.25) is 14.5 Å². The zero-order chi connectivity index (χ0) is 21.1. The maximum atomic E-state index is 12.8. The summed E-state index contributed by atoms with van der Waals surface area (Å²) in [6, 6.07) is 8.41. The Bertz CT molecular complexity index is 963. The van der Waals surface area contributed by atoms with Gasteiger partial charge in [-0.25, -0.2) is 0 Å². The maximum Gasteiger partial charge on any atom is 0.293 e. The molecule has 0 atom stereocenters. The van der Waals surface area contributed by atoms with Crippen molar-refractivity contribution >= 4 is 52.2 Å². The van der Waals surface area contributed by atoms with Gasteiger partial charge in [0, 0.05) is 15.6 Å². The van der Waals surface area contributed by atoms with Crippen LogP contribution in [0, 0.1) is 0 Å². The average Bonchev–Trinajstić information content (AvgIpc) is 2.96. The maximum absolute atomic E-state index is 12.8. The summed E-state index contributed by atoms with van der Waals surface area (Å²) in [4.78, 5) is 26.6. The molecule has 0 unspecified atom stereocenters. The van der Waals surface area contributed by atoms with Crippen LogP contribution in [0.5, 0.6) is 17.2 Å². The quantitative estimate of drug-likeness (QED) is 0.556. The number of carbonyl (C=O) groups is 2. The fourth-order valence-corrected chi connectivity index (χ4v) is 4.17. The summed E-state index contributed by atoms with van der Waals surface area (Å²) in [5.74, 6) is 0.902. The van der Waals surface area contributed by atoms with E-state index < -0.39 is 11.1 Å². The van der Waals surface area contributed by atoms with Crippen LogP contribution in [-0.4, -0.2) is 37.4 Å². The predicted molar refractivity (Wildman–Crippen MR) is 114 cm³/mol. The molecule has 29 heavy (non-hydrogen) atoms. The Kier molecular flexibility index (Phi) is 6.62. The van der Waals surface area contributed by atoms with Crippen LogP contribution in [0.1, 0.15) is 11.1 Å². The summed E-state index contributed by atoms with van der Waals surface area (Å²) in [6.45, 7) is -0.00420. The molecule has 6 nitrogen and oxygen atoms in total. The molecule has 3 rings (SSSR count). The Hall–Kier alpha value is -2.35. The van der Waals surface area contributed by atoms with Gasteiger partial charge >= 0.3 is 0 Å². The minimum Gasteiger partial charge on any atom is -0.493 e. The number of hydrogen-bond acceptors (Lipinski definition) is 6. The molecule has 0 N–H and O–H groups in total. The average molecular weight is 454 g/mol. The van der Waals surface area contributed by atoms with Gasteiger partial charge in [0.1, 0.15) is 0 Å². The number of rotatable bonds is 6. The van der Waals surface area contributed by atoms with Crippen molar-refractivity contribution in [3.8, 4) is 17.2 Å². The topological polar surface area (TPSA) is 65.1 Å². The van der Waals surface area contributed by atoms with Gasteiger partial charge in [0.25, 0.3) is 11.1 Å². The first-order valence-electron chi connectivity index (χ1n) is 8.37. The van der Waals surface area contributed by atoms with Gasteiger partial charge in [-0.2, -0.15) is 0 Å². The van der Waals surface area contributed by atoms with Crippen LogP contribution < -0.4 is 14.2 Å². The molecule has 152 valence electrons. The van der Waals surface area contributed by atoms with Crippen molar-refractivity contribution < 1.29 is 23.8 Å². The molecule has 0 aromatic heterocycles. The van der Waals surface area contributed by atoms with Crippen molar-refractivity contribution in [1.29, 1.82) is 0 Å². The fraction of sp³-hybridized carbons (Fsp3) is 0.200. The second kappa shape index (κ2) is 8.98. The van der Waals surface area contributed by atoms with Crippen molar-refractivity contribution in [2.45, 2.75) is 6.54 Å². The van der Waals surface area contributed by atoms with E-state index in [2.05, 4.69) is 0 Å². The van der Waals surface area contributed by atoms with Crippen LogP contribution in [0.2, 0.25) is 10.0 Å². The second-order valence-corrected chi connectivity index (χ2v) is 7.73. The highest BCUT2D eigenvalue weighted by atomic mass is 35.5. The zero-order valence-electron chi connectivity index (χ0n) is 15.8. The van der Waals surface area contributed by atoms with Crippen LogP contribution in [0.3, 0.4) is 0 Å². The molecule has 2 aromatic carbocycles. The number of hydrogen-bond donors (Lipinski definition) is 0. The van der Waals surface area contributed by atoms with Gasteiger partial charge in [0.05, 0.1) is 32.8 Å². The number of halogens is 2. The lowest BCUT2D eigenvalue weighted by Crippen LogP contribution is -2.27. The van der Waals surface area contributed by atoms with E-state index in [0.717, 1.165) is 16.7 Å². The zero-order valence-corrected chi connectivity index (χ0v) is 18.2. The van der Waals surface area contributed by atoms with E-state index in [0.29, 0.717) is 38.4 Å². The third-order valence-corrected chi connectivity index (χ3v) is 5.85. The molecule has 0 radical (unpaired) electrons. The lowest BCUT2D eigenvalue weighted by molar-refractivity contribution is -0.123. The largest absolute Gasteiger partial charge is 0.493 e. The van der Waals surface area contributed by atoms with Gasteiger partial charge in [-0.05, 0) is 47.7 Å². The summed E-state index contributed by atoms with van der Waals surface area (Å²) in [7, 11) is 4.51. The molecule has 2 amide bonds. The smallest absolute Gasteiger partial charge is 0.293 e. The summed E-state index contributed by atoms with van der Waals surface area (Å²) < 4.78 is 15.9. The molecular formula is C20H17Cl2NO5S. The van der Waals surface area contributed by atoms with Gasteiger partial charge in [0.15, 0.2) is 11.5 Å². The van der Waals surface area contributed by atoms with Gasteiger partial charge in [-0.1, -0.05) is 29.3 Å². The number of nitrogens with zero attached hydrogens (tertiary/aromatic N) is 1. The van der Waals surface area contributed by atoms with Crippen molar-refractivity contribution in [3.05, 3.63) is 56.4 Å².